The minimum absolute atomic E-state index is 0.0178. The Morgan fingerprint density at radius 1 is 0.800 bits per heavy atom. The number of benzene rings is 4. The molecule has 5 rings (SSSR count). The number of hydrogen-bond acceptors (Lipinski definition) is 1. The van der Waals surface area contributed by atoms with Gasteiger partial charge in [0.05, 0.1) is 0 Å². The van der Waals surface area contributed by atoms with E-state index in [1.54, 1.807) is 0 Å². The monoisotopic (exact) mass is 464 g/mol. The minimum Gasteiger partial charge on any atom is -0.317 e. The number of anilines is 1. The van der Waals surface area contributed by atoms with Gasteiger partial charge in [0.15, 0.2) is 0 Å². The Morgan fingerprint density at radius 2 is 1.40 bits per heavy atom. The molecule has 4 aromatic rings. The summed E-state index contributed by atoms with van der Waals surface area (Å²) in [6.07, 6.45) is 7.06. The Balaban J connectivity index is 1.55. The van der Waals surface area contributed by atoms with Crippen LogP contribution in [0.15, 0.2) is 66.7 Å². The van der Waals surface area contributed by atoms with E-state index in [4.69, 9.17) is 0 Å². The maximum absolute atomic E-state index is 13.9. The summed E-state index contributed by atoms with van der Waals surface area (Å²) in [5.74, 6) is 0. The van der Waals surface area contributed by atoms with Gasteiger partial charge in [-0.25, -0.2) is 4.79 Å². The molecule has 0 aliphatic heterocycles. The number of amides is 2. The third kappa shape index (κ3) is 4.91. The molecule has 1 N–H and O–H groups in total. The molecule has 1 aliphatic rings. The van der Waals surface area contributed by atoms with Crippen LogP contribution < -0.4 is 5.32 Å². The van der Waals surface area contributed by atoms with Crippen molar-refractivity contribution in [2.75, 3.05) is 5.32 Å². The molecule has 0 radical (unpaired) electrons. The van der Waals surface area contributed by atoms with Crippen molar-refractivity contribution in [3.05, 3.63) is 89.0 Å². The number of hydrogen-bond donors (Lipinski definition) is 1. The molecule has 3 nitrogen and oxygen atoms in total. The topological polar surface area (TPSA) is 32.3 Å². The summed E-state index contributed by atoms with van der Waals surface area (Å²) >= 11 is 0. The van der Waals surface area contributed by atoms with Gasteiger partial charge in [-0.15, -0.1) is 0 Å². The molecule has 0 atom stereocenters. The van der Waals surface area contributed by atoms with Crippen LogP contribution in [0.1, 0.15) is 60.8 Å². The molecule has 2 amide bonds. The van der Waals surface area contributed by atoms with Gasteiger partial charge in [-0.2, -0.15) is 0 Å². The van der Waals surface area contributed by atoms with Crippen LogP contribution >= 0.6 is 0 Å². The van der Waals surface area contributed by atoms with Gasteiger partial charge >= 0.3 is 6.03 Å². The van der Waals surface area contributed by atoms with Crippen LogP contribution in [0.2, 0.25) is 0 Å². The lowest BCUT2D eigenvalue weighted by Crippen LogP contribution is -2.42. The first-order valence-corrected chi connectivity index (χ1v) is 13.1. The minimum atomic E-state index is 0.0178. The predicted molar refractivity (Wildman–Crippen MR) is 148 cm³/mol. The maximum Gasteiger partial charge on any atom is 0.322 e. The van der Waals surface area contributed by atoms with Crippen LogP contribution in [0.25, 0.3) is 21.5 Å². The summed E-state index contributed by atoms with van der Waals surface area (Å²) < 4.78 is 0. The van der Waals surface area contributed by atoms with Crippen molar-refractivity contribution in [1.82, 2.24) is 4.90 Å². The smallest absolute Gasteiger partial charge is 0.317 e. The zero-order valence-corrected chi connectivity index (χ0v) is 21.2. The lowest BCUT2D eigenvalue weighted by Gasteiger charge is -2.32. The highest BCUT2D eigenvalue weighted by Gasteiger charge is 2.26. The highest BCUT2D eigenvalue weighted by Crippen LogP contribution is 2.32. The number of aryl methyl sites for hydroxylation is 3. The van der Waals surface area contributed by atoms with E-state index in [0.29, 0.717) is 6.54 Å². The third-order valence-corrected chi connectivity index (χ3v) is 7.63. The standard InChI is InChI=1S/C32H36N2O/c1-22-18-23(2)31(24(3)19-22)33-32(35)34(27-13-6-4-5-7-14-27)21-26-20-25-12-8-9-15-28(25)30-17-11-10-16-29(26)30/h8-12,15-20,27H,4-7,13-14,21H2,1-3H3,(H,33,35). The third-order valence-electron chi connectivity index (χ3n) is 7.63. The Hall–Kier alpha value is -3.33. The second kappa shape index (κ2) is 10.1. The molecular weight excluding hydrogens is 428 g/mol. The van der Waals surface area contributed by atoms with Crippen LogP contribution in [0.5, 0.6) is 0 Å². The van der Waals surface area contributed by atoms with Crippen molar-refractivity contribution in [3.63, 3.8) is 0 Å². The number of carbonyl (C=O) groups is 1. The molecule has 0 spiro atoms. The molecule has 3 heteroatoms. The van der Waals surface area contributed by atoms with E-state index in [9.17, 15) is 4.79 Å². The van der Waals surface area contributed by atoms with E-state index in [1.165, 1.54) is 58.4 Å². The van der Waals surface area contributed by atoms with E-state index >= 15 is 0 Å². The fourth-order valence-corrected chi connectivity index (χ4v) is 5.94. The summed E-state index contributed by atoms with van der Waals surface area (Å²) in [5, 5.41) is 8.31. The average Bonchev–Trinajstić information content (AvgIpc) is 3.14. The first-order valence-electron chi connectivity index (χ1n) is 13.1. The van der Waals surface area contributed by atoms with Gasteiger partial charge in [0.1, 0.15) is 0 Å². The van der Waals surface area contributed by atoms with Crippen LogP contribution in [0, 0.1) is 20.8 Å². The first kappa shape index (κ1) is 23.4. The highest BCUT2D eigenvalue weighted by molar-refractivity contribution is 6.09. The fraction of sp³-hybridized carbons (Fsp3) is 0.344. The molecular formula is C32H36N2O. The second-order valence-electron chi connectivity index (χ2n) is 10.3. The van der Waals surface area contributed by atoms with Crippen molar-refractivity contribution in [2.24, 2.45) is 0 Å². The second-order valence-corrected chi connectivity index (χ2v) is 10.3. The fourth-order valence-electron chi connectivity index (χ4n) is 5.94. The van der Waals surface area contributed by atoms with Gasteiger partial charge in [-0.3, -0.25) is 0 Å². The van der Waals surface area contributed by atoms with Crippen molar-refractivity contribution in [3.8, 4) is 0 Å². The predicted octanol–water partition coefficient (Wildman–Crippen LogP) is 8.68. The Kier molecular flexibility index (Phi) is 6.77. The number of nitrogens with zero attached hydrogens (tertiary/aromatic N) is 1. The summed E-state index contributed by atoms with van der Waals surface area (Å²) in [6.45, 7) is 6.89. The molecule has 35 heavy (non-hydrogen) atoms. The van der Waals surface area contributed by atoms with E-state index in [-0.39, 0.29) is 12.1 Å². The van der Waals surface area contributed by atoms with Gasteiger partial charge < -0.3 is 10.2 Å². The van der Waals surface area contributed by atoms with Crippen LogP contribution in [-0.4, -0.2) is 17.0 Å². The molecule has 0 saturated heterocycles. The van der Waals surface area contributed by atoms with E-state index in [0.717, 1.165) is 29.7 Å². The summed E-state index contributed by atoms with van der Waals surface area (Å²) in [5.41, 5.74) is 5.63. The number of nitrogens with one attached hydrogen (secondary N) is 1. The SMILES string of the molecule is Cc1cc(C)c(NC(=O)N(Cc2cc3ccccc3c3ccccc23)C2CCCCCC2)c(C)c1. The van der Waals surface area contributed by atoms with Crippen LogP contribution in [0.3, 0.4) is 0 Å². The Bertz CT molecular complexity index is 1340. The highest BCUT2D eigenvalue weighted by atomic mass is 16.2. The average molecular weight is 465 g/mol. The molecule has 0 bridgehead atoms. The first-order chi connectivity index (χ1) is 17.0. The lowest BCUT2D eigenvalue weighted by molar-refractivity contribution is 0.176. The van der Waals surface area contributed by atoms with Crippen molar-refractivity contribution in [2.45, 2.75) is 71.9 Å². The van der Waals surface area contributed by atoms with Crippen LogP contribution in [0.4, 0.5) is 10.5 Å². The van der Waals surface area contributed by atoms with E-state index in [2.05, 4.69) is 97.7 Å². The van der Waals surface area contributed by atoms with Crippen molar-refractivity contribution < 1.29 is 4.79 Å². The van der Waals surface area contributed by atoms with Gasteiger partial charge in [0.25, 0.3) is 0 Å². The molecule has 1 fully saturated rings. The van der Waals surface area contributed by atoms with Crippen molar-refractivity contribution >= 4 is 33.3 Å². The Labute approximate surface area is 209 Å². The lowest BCUT2D eigenvalue weighted by atomic mass is 9.96. The quantitative estimate of drug-likeness (QED) is 0.238. The molecule has 4 aromatic carbocycles. The zero-order chi connectivity index (χ0) is 24.4. The summed E-state index contributed by atoms with van der Waals surface area (Å²) in [4.78, 5) is 16.1. The number of fused-ring (bicyclic) bond motifs is 3. The molecule has 0 aromatic heterocycles. The molecule has 1 aliphatic carbocycles. The Morgan fingerprint density at radius 3 is 2.09 bits per heavy atom. The van der Waals surface area contributed by atoms with E-state index < -0.39 is 0 Å². The summed E-state index contributed by atoms with van der Waals surface area (Å²) in [7, 11) is 0. The van der Waals surface area contributed by atoms with Gasteiger partial charge in [0.2, 0.25) is 0 Å². The van der Waals surface area contributed by atoms with E-state index in [1.807, 2.05) is 0 Å². The summed E-state index contributed by atoms with van der Waals surface area (Å²) in [6, 6.07) is 24.1. The maximum atomic E-state index is 13.9. The van der Waals surface area contributed by atoms with Crippen LogP contribution in [-0.2, 0) is 6.54 Å². The largest absolute Gasteiger partial charge is 0.322 e. The number of rotatable bonds is 4. The van der Waals surface area contributed by atoms with Gasteiger partial charge in [0, 0.05) is 18.3 Å². The molecule has 1 saturated carbocycles. The molecule has 0 heterocycles. The van der Waals surface area contributed by atoms with Gasteiger partial charge in [-0.05, 0) is 77.9 Å². The zero-order valence-electron chi connectivity index (χ0n) is 21.2. The van der Waals surface area contributed by atoms with Crippen molar-refractivity contribution in [1.29, 1.82) is 0 Å². The number of carbonyl (C=O) groups excluding carboxylic acids is 1. The number of urea groups is 1. The molecule has 0 unspecified atom stereocenters. The normalized spacial score (nSPS) is 14.7. The van der Waals surface area contributed by atoms with Gasteiger partial charge in [-0.1, -0.05) is 91.9 Å². The molecule has 180 valence electrons.